The molecule has 1 aliphatic carbocycles. The molecule has 1 saturated heterocycles. The number of aliphatic carboxylic acids is 1. The van der Waals surface area contributed by atoms with Crippen molar-refractivity contribution < 1.29 is 90.4 Å². The average molecular weight is 1110 g/mol. The van der Waals surface area contributed by atoms with Crippen LogP contribution in [0.1, 0.15) is 122 Å². The number of rotatable bonds is 33. The molecule has 11 N–H and O–H groups in total. The number of carboxylic acid groups (broad SMARTS) is 1. The number of anilines is 1. The molecular weight excluding hydrogens is 1040 g/mol. The summed E-state index contributed by atoms with van der Waals surface area (Å²) in [5, 5.41) is 35.9. The fourth-order valence-corrected chi connectivity index (χ4v) is 11.6. The number of nitrogens with two attached hydrogens (primary N) is 1. The van der Waals surface area contributed by atoms with Crippen molar-refractivity contribution in [1.29, 1.82) is 0 Å². The molecule has 0 radical (unpaired) electrons. The van der Waals surface area contributed by atoms with Gasteiger partial charge in [-0.15, -0.1) is 0 Å². The standard InChI is InChI=1S/C45H70N7O19P3/c1-43(2,24-34(55)56)17-9-7-13-29-11-5-6-12-30(29)14-8-10-18-45(19-20-45)23-31(53)15-21-47-33(54)16-22-48-41(59)38(58)44(3,4)26-68-74(65,66)71-73(63,64)67-25-32-37(70-72(60,61)62)36(57)42(69-32)52-28-51-35-39(46)49-27-50-40(35)52/h5-6,11-12,27-28,32,36-38,42,57-58H,7-10,13-26H2,1-4H3,(H,47,54)(H,48,59)(H,55,56)(H,63,64)(H,65,66)(H2,46,49,50)(H2,60,61,62). The molecule has 3 heterocycles. The number of phosphoric ester groups is 3. The molecule has 2 aromatic heterocycles. The lowest BCUT2D eigenvalue weighted by atomic mass is 9.83. The zero-order valence-electron chi connectivity index (χ0n) is 41.8. The van der Waals surface area contributed by atoms with Crippen LogP contribution in [0.25, 0.3) is 11.2 Å². The Bertz CT molecular complexity index is 2570. The van der Waals surface area contributed by atoms with Crippen molar-refractivity contribution >= 4 is 64.0 Å². The highest BCUT2D eigenvalue weighted by Gasteiger charge is 2.50. The van der Waals surface area contributed by atoms with E-state index in [0.717, 1.165) is 81.4 Å². The third kappa shape index (κ3) is 18.9. The van der Waals surface area contributed by atoms with E-state index < -0.39 is 90.5 Å². The van der Waals surface area contributed by atoms with Gasteiger partial charge in [0.05, 0.1) is 26.0 Å². The van der Waals surface area contributed by atoms with Gasteiger partial charge in [0.25, 0.3) is 0 Å². The topological polar surface area (TPSA) is 401 Å². The van der Waals surface area contributed by atoms with Gasteiger partial charge in [-0.3, -0.25) is 37.3 Å². The minimum atomic E-state index is -5.60. The first-order valence-corrected chi connectivity index (χ1v) is 28.7. The van der Waals surface area contributed by atoms with E-state index in [1.54, 1.807) is 0 Å². The van der Waals surface area contributed by atoms with E-state index in [1.165, 1.54) is 25.0 Å². The molecule has 1 aromatic carbocycles. The molecule has 29 heteroatoms. The fourth-order valence-electron chi connectivity index (χ4n) is 8.76. The van der Waals surface area contributed by atoms with Crippen LogP contribution in [0.3, 0.4) is 0 Å². The number of carbonyl (C=O) groups is 4. The summed E-state index contributed by atoms with van der Waals surface area (Å²) >= 11 is 0. The first-order valence-electron chi connectivity index (χ1n) is 24.2. The number of nitrogens with zero attached hydrogens (tertiary/aromatic N) is 4. The number of imidazole rings is 1. The monoisotopic (exact) mass is 1110 g/mol. The average Bonchev–Trinajstić information content (AvgIpc) is 3.80. The Morgan fingerprint density at radius 1 is 0.905 bits per heavy atom. The molecular formula is C45H70N7O19P3. The molecule has 2 fully saturated rings. The van der Waals surface area contributed by atoms with Crippen LogP contribution in [0.15, 0.2) is 36.9 Å². The number of phosphoric acid groups is 3. The summed E-state index contributed by atoms with van der Waals surface area (Å²) < 4.78 is 62.6. The van der Waals surface area contributed by atoms with Crippen LogP contribution in [-0.4, -0.2) is 129 Å². The van der Waals surface area contributed by atoms with Gasteiger partial charge in [-0.25, -0.2) is 28.6 Å². The van der Waals surface area contributed by atoms with Crippen LogP contribution < -0.4 is 16.4 Å². The number of unbranched alkanes of at least 4 members (excludes halogenated alkanes) is 2. The SMILES string of the molecule is CC(C)(CCCCc1ccccc1CCCCC1(CC(=O)CCNC(=O)CCNC(=O)C(O)C(C)(C)COP(=O)(O)OP(=O)(O)OCC2OC(n3cnc4c(N)ncnc43)C(O)C2OP(=O)(O)O)CC1)CC(=O)O. The first kappa shape index (κ1) is 60.8. The van der Waals surface area contributed by atoms with E-state index in [4.69, 9.17) is 24.6 Å². The van der Waals surface area contributed by atoms with Crippen molar-refractivity contribution in [2.45, 2.75) is 148 Å². The van der Waals surface area contributed by atoms with Crippen molar-refractivity contribution in [2.24, 2.45) is 16.2 Å². The number of Topliss-reactive ketones (excluding diaryl/α,β-unsaturated/α-hetero) is 1. The number of carbonyl (C=O) groups excluding carboxylic acids is 3. The number of hydrogen-bond acceptors (Lipinski definition) is 18. The summed E-state index contributed by atoms with van der Waals surface area (Å²) in [4.78, 5) is 101. The predicted octanol–water partition coefficient (Wildman–Crippen LogP) is 4.16. The van der Waals surface area contributed by atoms with Gasteiger partial charge in [-0.1, -0.05) is 64.8 Å². The number of aliphatic hydroxyl groups excluding tert-OH is 2. The van der Waals surface area contributed by atoms with E-state index in [2.05, 4.69) is 46.6 Å². The van der Waals surface area contributed by atoms with E-state index >= 15 is 0 Å². The van der Waals surface area contributed by atoms with Crippen molar-refractivity contribution in [1.82, 2.24) is 30.2 Å². The Hall–Kier alpha value is -4.10. The van der Waals surface area contributed by atoms with E-state index in [9.17, 15) is 62.7 Å². The predicted molar refractivity (Wildman–Crippen MR) is 263 cm³/mol. The Labute approximate surface area is 428 Å². The Balaban J connectivity index is 0.965. The van der Waals surface area contributed by atoms with Gasteiger partial charge in [0.1, 0.15) is 42.0 Å². The molecule has 2 aliphatic rings. The normalized spacial score (nSPS) is 20.9. The highest BCUT2D eigenvalue weighted by atomic mass is 31.3. The molecule has 26 nitrogen and oxygen atoms in total. The first-order chi connectivity index (χ1) is 34.5. The van der Waals surface area contributed by atoms with Crippen LogP contribution in [0.5, 0.6) is 0 Å². The van der Waals surface area contributed by atoms with Crippen LogP contribution >= 0.6 is 23.5 Å². The number of nitrogens with one attached hydrogen (secondary N) is 2. The second-order valence-corrected chi connectivity index (χ2v) is 24.7. The fraction of sp³-hybridized carbons (Fsp3) is 0.667. The smallest absolute Gasteiger partial charge is 0.481 e. The van der Waals surface area contributed by atoms with E-state index in [-0.39, 0.29) is 65.9 Å². The van der Waals surface area contributed by atoms with E-state index in [0.29, 0.717) is 6.42 Å². The third-order valence-electron chi connectivity index (χ3n) is 13.0. The molecule has 1 aliphatic heterocycles. The number of aromatic nitrogens is 4. The van der Waals surface area contributed by atoms with Crippen molar-refractivity contribution in [3.8, 4) is 0 Å². The number of ether oxygens (including phenoxy) is 1. The van der Waals surface area contributed by atoms with E-state index in [1.807, 2.05) is 26.0 Å². The lowest BCUT2D eigenvalue weighted by Crippen LogP contribution is -2.46. The zero-order chi connectivity index (χ0) is 54.7. The summed E-state index contributed by atoms with van der Waals surface area (Å²) in [7, 11) is -16.5. The summed E-state index contributed by atoms with van der Waals surface area (Å²) in [5.41, 5.74) is 6.67. The van der Waals surface area contributed by atoms with Crippen molar-refractivity contribution in [3.05, 3.63) is 48.0 Å². The number of benzene rings is 1. The van der Waals surface area contributed by atoms with Gasteiger partial charge < -0.3 is 56.0 Å². The van der Waals surface area contributed by atoms with Crippen molar-refractivity contribution in [3.63, 3.8) is 0 Å². The highest BCUT2D eigenvalue weighted by Crippen LogP contribution is 2.61. The maximum Gasteiger partial charge on any atom is 0.481 e. The number of carboxylic acids is 1. The van der Waals surface area contributed by atoms with Crippen molar-refractivity contribution in [2.75, 3.05) is 32.0 Å². The Morgan fingerprint density at radius 3 is 2.18 bits per heavy atom. The number of amides is 2. The number of nitrogen functional groups attached to an aromatic ring is 1. The zero-order valence-corrected chi connectivity index (χ0v) is 44.5. The number of aryl methyl sites for hydroxylation is 2. The minimum absolute atomic E-state index is 0.00175. The Kier molecular flexibility index (Phi) is 21.2. The molecule has 5 rings (SSSR count). The molecule has 7 atom stereocenters. The largest absolute Gasteiger partial charge is 0.481 e. The molecule has 414 valence electrons. The third-order valence-corrected chi connectivity index (χ3v) is 16.1. The maximum absolute atomic E-state index is 12.9. The molecule has 0 bridgehead atoms. The summed E-state index contributed by atoms with van der Waals surface area (Å²) in [6.45, 7) is 4.35. The maximum atomic E-state index is 12.9. The number of hydrogen-bond donors (Lipinski definition) is 10. The second-order valence-electron chi connectivity index (χ2n) is 20.5. The number of ketones is 1. The molecule has 1 saturated carbocycles. The van der Waals surface area contributed by atoms with Gasteiger partial charge in [-0.05, 0) is 73.3 Å². The van der Waals surface area contributed by atoms with Gasteiger partial charge in [-0.2, -0.15) is 4.31 Å². The van der Waals surface area contributed by atoms with Gasteiger partial charge in [0, 0.05) is 37.8 Å². The molecule has 74 heavy (non-hydrogen) atoms. The van der Waals surface area contributed by atoms with Crippen LogP contribution in [0.4, 0.5) is 5.82 Å². The summed E-state index contributed by atoms with van der Waals surface area (Å²) in [5.74, 6) is -2.21. The van der Waals surface area contributed by atoms with Crippen LogP contribution in [0, 0.1) is 16.2 Å². The molecule has 3 aromatic rings. The molecule has 7 unspecified atom stereocenters. The van der Waals surface area contributed by atoms with Gasteiger partial charge in [0.15, 0.2) is 17.7 Å². The Morgan fingerprint density at radius 2 is 1.54 bits per heavy atom. The molecule has 2 amide bonds. The number of aliphatic hydroxyl groups is 2. The minimum Gasteiger partial charge on any atom is -0.481 e. The van der Waals surface area contributed by atoms with Crippen LogP contribution in [0.2, 0.25) is 0 Å². The van der Waals surface area contributed by atoms with Gasteiger partial charge >= 0.3 is 29.4 Å². The second kappa shape index (κ2) is 25.8. The lowest BCUT2D eigenvalue weighted by Gasteiger charge is -2.30. The highest BCUT2D eigenvalue weighted by molar-refractivity contribution is 7.61. The summed E-state index contributed by atoms with van der Waals surface area (Å²) in [6.07, 6.45) is 3.36. The quantitative estimate of drug-likeness (QED) is 0.0302. The number of fused-ring (bicyclic) bond motifs is 1. The van der Waals surface area contributed by atoms with Gasteiger partial charge in [0.2, 0.25) is 11.8 Å². The lowest BCUT2D eigenvalue weighted by molar-refractivity contribution is -0.139. The molecule has 0 spiro atoms. The van der Waals surface area contributed by atoms with Crippen LogP contribution in [-0.2, 0) is 68.3 Å². The summed E-state index contributed by atoms with van der Waals surface area (Å²) in [6, 6.07) is 8.43.